The molecule has 0 atom stereocenters. The summed E-state index contributed by atoms with van der Waals surface area (Å²) in [5.41, 5.74) is 11.4. The molecule has 0 unspecified atom stereocenters. The van der Waals surface area contributed by atoms with E-state index in [-0.39, 0.29) is 0 Å². The molecular formula is C19H31N3. The van der Waals surface area contributed by atoms with E-state index in [1.165, 1.54) is 11.1 Å². The molecular weight excluding hydrogens is 270 g/mol. The Balaban J connectivity index is 2.91. The average molecular weight is 301 g/mol. The van der Waals surface area contributed by atoms with Gasteiger partial charge < -0.3 is 10.6 Å². The van der Waals surface area contributed by atoms with E-state index in [4.69, 9.17) is 5.73 Å². The highest BCUT2D eigenvalue weighted by atomic mass is 15.1. The second kappa shape index (κ2) is 9.42. The van der Waals surface area contributed by atoms with Crippen molar-refractivity contribution in [1.82, 2.24) is 4.90 Å². The fourth-order valence-corrected chi connectivity index (χ4v) is 2.70. The second-order valence-electron chi connectivity index (χ2n) is 5.56. The van der Waals surface area contributed by atoms with E-state index in [2.05, 4.69) is 49.4 Å². The first-order valence-electron chi connectivity index (χ1n) is 8.35. The highest BCUT2D eigenvalue weighted by molar-refractivity contribution is 6.13. The van der Waals surface area contributed by atoms with Crippen molar-refractivity contribution in [2.45, 2.75) is 40.5 Å². The number of aliphatic imine (C=N–C) groups is 1. The summed E-state index contributed by atoms with van der Waals surface area (Å²) in [6, 6.07) is 0. The fourth-order valence-electron chi connectivity index (χ4n) is 2.70. The fraction of sp³-hybridized carbons (Fsp3) is 0.526. The van der Waals surface area contributed by atoms with Crippen molar-refractivity contribution >= 4 is 5.71 Å². The Morgan fingerprint density at radius 3 is 2.45 bits per heavy atom. The first-order valence-corrected chi connectivity index (χ1v) is 8.35. The SMILES string of the molecule is C=CC1=CC(=C(\C)N)/C(=N\CC)C=C1CCCN(CC)CC. The predicted molar refractivity (Wildman–Crippen MR) is 98.2 cm³/mol. The summed E-state index contributed by atoms with van der Waals surface area (Å²) in [5.74, 6) is 0. The van der Waals surface area contributed by atoms with Crippen LogP contribution in [0.25, 0.3) is 0 Å². The maximum Gasteiger partial charge on any atom is 0.0666 e. The zero-order valence-electron chi connectivity index (χ0n) is 14.7. The smallest absolute Gasteiger partial charge is 0.0666 e. The quantitative estimate of drug-likeness (QED) is 0.740. The van der Waals surface area contributed by atoms with E-state index in [0.717, 1.165) is 56.0 Å². The Labute approximate surface area is 136 Å². The van der Waals surface area contributed by atoms with Crippen molar-refractivity contribution in [2.24, 2.45) is 10.7 Å². The molecule has 0 spiro atoms. The van der Waals surface area contributed by atoms with Crippen molar-refractivity contribution in [3.05, 3.63) is 47.2 Å². The summed E-state index contributed by atoms with van der Waals surface area (Å²) in [5, 5.41) is 0. The second-order valence-corrected chi connectivity index (χ2v) is 5.56. The minimum Gasteiger partial charge on any atom is -0.402 e. The lowest BCUT2D eigenvalue weighted by Gasteiger charge is -2.21. The molecule has 0 saturated carbocycles. The number of rotatable bonds is 8. The topological polar surface area (TPSA) is 41.6 Å². The lowest BCUT2D eigenvalue weighted by atomic mass is 9.89. The number of allylic oxidation sites excluding steroid dienone is 7. The molecule has 0 bridgehead atoms. The number of hydrogen-bond donors (Lipinski definition) is 1. The third kappa shape index (κ3) is 4.99. The molecule has 0 saturated heterocycles. The van der Waals surface area contributed by atoms with E-state index in [1.54, 1.807) is 0 Å². The molecule has 0 aromatic carbocycles. The minimum absolute atomic E-state index is 0.770. The standard InChI is InChI=1S/C19H31N3/c1-6-16-13-18(15(5)20)19(21-7-2)14-17(16)11-10-12-22(8-3)9-4/h6,13-14H,1,7-12,20H2,2-5H3/b18-15-,21-19-. The van der Waals surface area contributed by atoms with Crippen molar-refractivity contribution in [1.29, 1.82) is 0 Å². The van der Waals surface area contributed by atoms with Gasteiger partial charge in [0.1, 0.15) is 0 Å². The lowest BCUT2D eigenvalue weighted by molar-refractivity contribution is 0.300. The number of nitrogens with zero attached hydrogens (tertiary/aromatic N) is 2. The highest BCUT2D eigenvalue weighted by Gasteiger charge is 2.15. The minimum atomic E-state index is 0.770. The van der Waals surface area contributed by atoms with Gasteiger partial charge in [-0.15, -0.1) is 0 Å². The average Bonchev–Trinajstić information content (AvgIpc) is 2.51. The molecule has 22 heavy (non-hydrogen) atoms. The molecule has 0 aromatic heterocycles. The highest BCUT2D eigenvalue weighted by Crippen LogP contribution is 2.26. The summed E-state index contributed by atoms with van der Waals surface area (Å²) in [6.45, 7) is 16.5. The van der Waals surface area contributed by atoms with Crippen LogP contribution in [0.1, 0.15) is 40.5 Å². The van der Waals surface area contributed by atoms with Crippen LogP contribution in [-0.4, -0.2) is 36.8 Å². The first-order chi connectivity index (χ1) is 10.6. The van der Waals surface area contributed by atoms with Gasteiger partial charge >= 0.3 is 0 Å². The van der Waals surface area contributed by atoms with Crippen molar-refractivity contribution in [3.63, 3.8) is 0 Å². The van der Waals surface area contributed by atoms with Crippen LogP contribution >= 0.6 is 0 Å². The molecule has 3 nitrogen and oxygen atoms in total. The summed E-state index contributed by atoms with van der Waals surface area (Å²) >= 11 is 0. The van der Waals surface area contributed by atoms with Crippen LogP contribution in [0.5, 0.6) is 0 Å². The maximum absolute atomic E-state index is 6.01. The van der Waals surface area contributed by atoms with Gasteiger partial charge in [-0.1, -0.05) is 26.5 Å². The molecule has 1 aliphatic carbocycles. The molecule has 0 aromatic rings. The van der Waals surface area contributed by atoms with Gasteiger partial charge in [-0.25, -0.2) is 0 Å². The van der Waals surface area contributed by atoms with E-state index in [0.29, 0.717) is 0 Å². The van der Waals surface area contributed by atoms with Crippen LogP contribution in [0.2, 0.25) is 0 Å². The predicted octanol–water partition coefficient (Wildman–Crippen LogP) is 3.85. The lowest BCUT2D eigenvalue weighted by Crippen LogP contribution is -2.24. The molecule has 0 fully saturated rings. The zero-order valence-corrected chi connectivity index (χ0v) is 14.7. The Morgan fingerprint density at radius 1 is 1.27 bits per heavy atom. The van der Waals surface area contributed by atoms with E-state index in [9.17, 15) is 0 Å². The van der Waals surface area contributed by atoms with Crippen LogP contribution < -0.4 is 5.73 Å². The van der Waals surface area contributed by atoms with Gasteiger partial charge in [-0.3, -0.25) is 4.99 Å². The van der Waals surface area contributed by atoms with Crippen molar-refractivity contribution in [3.8, 4) is 0 Å². The van der Waals surface area contributed by atoms with Gasteiger partial charge in [0, 0.05) is 17.8 Å². The Hall–Kier alpha value is -1.61. The summed E-state index contributed by atoms with van der Waals surface area (Å²) in [7, 11) is 0. The normalized spacial score (nSPS) is 19.2. The van der Waals surface area contributed by atoms with Gasteiger partial charge in [0.05, 0.1) is 5.71 Å². The van der Waals surface area contributed by atoms with Crippen molar-refractivity contribution in [2.75, 3.05) is 26.2 Å². The molecule has 0 amide bonds. The van der Waals surface area contributed by atoms with Gasteiger partial charge in [0.15, 0.2) is 0 Å². The number of hydrogen-bond acceptors (Lipinski definition) is 3. The Kier molecular flexibility index (Phi) is 7.89. The summed E-state index contributed by atoms with van der Waals surface area (Å²) in [6.07, 6.45) is 8.44. The van der Waals surface area contributed by atoms with E-state index >= 15 is 0 Å². The van der Waals surface area contributed by atoms with Gasteiger partial charge in [0.2, 0.25) is 0 Å². The van der Waals surface area contributed by atoms with Gasteiger partial charge in [0.25, 0.3) is 0 Å². The third-order valence-corrected chi connectivity index (χ3v) is 4.05. The van der Waals surface area contributed by atoms with Gasteiger partial charge in [-0.05, 0) is 69.6 Å². The summed E-state index contributed by atoms with van der Waals surface area (Å²) in [4.78, 5) is 7.05. The first kappa shape index (κ1) is 18.4. The van der Waals surface area contributed by atoms with Crippen LogP contribution in [0.3, 0.4) is 0 Å². The van der Waals surface area contributed by atoms with E-state index < -0.39 is 0 Å². The largest absolute Gasteiger partial charge is 0.402 e. The molecule has 0 aliphatic heterocycles. The molecule has 3 heteroatoms. The molecule has 122 valence electrons. The Bertz CT molecular complexity index is 499. The zero-order chi connectivity index (χ0) is 16.5. The number of nitrogens with two attached hydrogens (primary N) is 1. The van der Waals surface area contributed by atoms with Crippen LogP contribution in [0.4, 0.5) is 0 Å². The Morgan fingerprint density at radius 2 is 1.95 bits per heavy atom. The molecule has 1 rings (SSSR count). The van der Waals surface area contributed by atoms with Crippen molar-refractivity contribution < 1.29 is 0 Å². The summed E-state index contributed by atoms with van der Waals surface area (Å²) < 4.78 is 0. The van der Waals surface area contributed by atoms with Crippen LogP contribution in [0, 0.1) is 0 Å². The third-order valence-electron chi connectivity index (χ3n) is 4.05. The maximum atomic E-state index is 6.01. The molecule has 0 heterocycles. The molecule has 0 radical (unpaired) electrons. The van der Waals surface area contributed by atoms with Gasteiger partial charge in [-0.2, -0.15) is 0 Å². The molecule has 1 aliphatic rings. The molecule has 2 N–H and O–H groups in total. The monoisotopic (exact) mass is 301 g/mol. The van der Waals surface area contributed by atoms with Crippen LogP contribution in [0.15, 0.2) is 52.2 Å². The van der Waals surface area contributed by atoms with E-state index in [1.807, 2.05) is 13.0 Å². The van der Waals surface area contributed by atoms with Crippen LogP contribution in [-0.2, 0) is 0 Å².